The summed E-state index contributed by atoms with van der Waals surface area (Å²) in [6.07, 6.45) is 0. The molecule has 1 saturated heterocycles. The van der Waals surface area contributed by atoms with Crippen LogP contribution in [0.1, 0.15) is 20.7 Å². The topological polar surface area (TPSA) is 60.9 Å². The predicted octanol–water partition coefficient (Wildman–Crippen LogP) is 3.61. The number of anilines is 1. The van der Waals surface area contributed by atoms with E-state index in [-0.39, 0.29) is 11.5 Å². The number of carbonyl (C=O) groups is 2. The van der Waals surface area contributed by atoms with Crippen molar-refractivity contribution in [2.75, 3.05) is 31.1 Å². The Balaban J connectivity index is 1.69. The average molecular weight is 471 g/mol. The second kappa shape index (κ2) is 7.61. The Morgan fingerprint density at radius 3 is 2.16 bits per heavy atom. The number of benzene rings is 2. The van der Waals surface area contributed by atoms with Crippen LogP contribution in [0, 0.1) is 3.57 Å². The van der Waals surface area contributed by atoms with Crippen LogP contribution in [0.3, 0.4) is 0 Å². The summed E-state index contributed by atoms with van der Waals surface area (Å²) in [5.74, 6) is -1.16. The number of carboxylic acid groups (broad SMARTS) is 1. The standard InChI is InChI=1S/C18H16ClIN2O3/c19-14-1-3-16(4-2-14)21-5-7-22(8-6-21)17(23)12-9-13(18(24)25)11-15(20)10-12/h1-4,9-11H,5-8H2,(H,24,25). The zero-order chi connectivity index (χ0) is 18.0. The summed E-state index contributed by atoms with van der Waals surface area (Å²) in [5.41, 5.74) is 1.64. The molecule has 1 aliphatic heterocycles. The van der Waals surface area contributed by atoms with E-state index in [1.54, 1.807) is 17.0 Å². The highest BCUT2D eigenvalue weighted by Crippen LogP contribution is 2.21. The van der Waals surface area contributed by atoms with Gasteiger partial charge in [-0.15, -0.1) is 0 Å². The van der Waals surface area contributed by atoms with Crippen LogP contribution in [0.15, 0.2) is 42.5 Å². The minimum absolute atomic E-state index is 0.128. The van der Waals surface area contributed by atoms with Crippen molar-refractivity contribution in [2.45, 2.75) is 0 Å². The molecule has 0 radical (unpaired) electrons. The zero-order valence-corrected chi connectivity index (χ0v) is 16.2. The van der Waals surface area contributed by atoms with Crippen LogP contribution in [0.5, 0.6) is 0 Å². The van der Waals surface area contributed by atoms with Crippen LogP contribution in [-0.2, 0) is 0 Å². The number of piperazine rings is 1. The first-order valence-electron chi connectivity index (χ1n) is 7.78. The van der Waals surface area contributed by atoms with E-state index in [0.717, 1.165) is 22.3 Å². The van der Waals surface area contributed by atoms with Gasteiger partial charge in [-0.3, -0.25) is 4.79 Å². The minimum atomic E-state index is -1.03. The molecule has 2 aromatic rings. The first kappa shape index (κ1) is 18.0. The van der Waals surface area contributed by atoms with E-state index in [2.05, 4.69) is 4.90 Å². The first-order valence-corrected chi connectivity index (χ1v) is 9.23. The second-order valence-electron chi connectivity index (χ2n) is 5.79. The summed E-state index contributed by atoms with van der Waals surface area (Å²) in [4.78, 5) is 27.9. The third-order valence-electron chi connectivity index (χ3n) is 4.15. The number of amides is 1. The van der Waals surface area contributed by atoms with Crippen LogP contribution < -0.4 is 4.90 Å². The van der Waals surface area contributed by atoms with E-state index in [4.69, 9.17) is 16.7 Å². The highest BCUT2D eigenvalue weighted by Gasteiger charge is 2.23. The number of aromatic carboxylic acids is 1. The minimum Gasteiger partial charge on any atom is -0.478 e. The van der Waals surface area contributed by atoms with E-state index < -0.39 is 5.97 Å². The Morgan fingerprint density at radius 1 is 0.960 bits per heavy atom. The molecule has 1 aliphatic rings. The number of rotatable bonds is 3. The van der Waals surface area contributed by atoms with Gasteiger partial charge in [-0.1, -0.05) is 11.6 Å². The molecule has 0 aliphatic carbocycles. The second-order valence-corrected chi connectivity index (χ2v) is 7.47. The molecular formula is C18H16ClIN2O3. The Labute approximate surface area is 164 Å². The molecule has 0 spiro atoms. The fourth-order valence-corrected chi connectivity index (χ4v) is 3.64. The fraction of sp³-hybridized carbons (Fsp3) is 0.222. The molecule has 7 heteroatoms. The van der Waals surface area contributed by atoms with E-state index in [0.29, 0.717) is 23.7 Å². The van der Waals surface area contributed by atoms with Crippen LogP contribution in [-0.4, -0.2) is 48.1 Å². The number of carboxylic acids is 1. The highest BCUT2D eigenvalue weighted by molar-refractivity contribution is 14.1. The maximum atomic E-state index is 12.7. The molecule has 1 N–H and O–H groups in total. The average Bonchev–Trinajstić information content (AvgIpc) is 2.61. The summed E-state index contributed by atoms with van der Waals surface area (Å²) in [6, 6.07) is 12.4. The number of hydrogen-bond acceptors (Lipinski definition) is 3. The maximum Gasteiger partial charge on any atom is 0.335 e. The highest BCUT2D eigenvalue weighted by atomic mass is 127. The van der Waals surface area contributed by atoms with E-state index in [1.807, 2.05) is 46.9 Å². The molecule has 2 aromatic carbocycles. The lowest BCUT2D eigenvalue weighted by molar-refractivity contribution is 0.0696. The largest absolute Gasteiger partial charge is 0.478 e. The lowest BCUT2D eigenvalue weighted by Crippen LogP contribution is -2.48. The van der Waals surface area contributed by atoms with Gasteiger partial charge in [0.2, 0.25) is 0 Å². The van der Waals surface area contributed by atoms with Crippen molar-refractivity contribution in [3.63, 3.8) is 0 Å². The summed E-state index contributed by atoms with van der Waals surface area (Å²) in [6.45, 7) is 2.64. The van der Waals surface area contributed by atoms with Gasteiger partial charge in [-0.2, -0.15) is 0 Å². The van der Waals surface area contributed by atoms with Crippen molar-refractivity contribution >= 4 is 51.8 Å². The predicted molar refractivity (Wildman–Crippen MR) is 106 cm³/mol. The van der Waals surface area contributed by atoms with Crippen molar-refractivity contribution < 1.29 is 14.7 Å². The van der Waals surface area contributed by atoms with Gasteiger partial charge >= 0.3 is 5.97 Å². The van der Waals surface area contributed by atoms with Crippen molar-refractivity contribution in [3.8, 4) is 0 Å². The fourth-order valence-electron chi connectivity index (χ4n) is 2.84. The van der Waals surface area contributed by atoms with Crippen molar-refractivity contribution in [2.24, 2.45) is 0 Å². The van der Waals surface area contributed by atoms with E-state index >= 15 is 0 Å². The molecule has 0 unspecified atom stereocenters. The third-order valence-corrected chi connectivity index (χ3v) is 5.03. The summed E-state index contributed by atoms with van der Waals surface area (Å²) in [5, 5.41) is 9.86. The Bertz CT molecular complexity index is 802. The van der Waals surface area contributed by atoms with Crippen molar-refractivity contribution in [3.05, 3.63) is 62.2 Å². The molecule has 130 valence electrons. The lowest BCUT2D eigenvalue weighted by Gasteiger charge is -2.36. The summed E-state index contributed by atoms with van der Waals surface area (Å²) < 4.78 is 0.737. The number of halogens is 2. The normalized spacial score (nSPS) is 14.5. The van der Waals surface area contributed by atoms with Gasteiger partial charge in [0.25, 0.3) is 5.91 Å². The molecular weight excluding hydrogens is 455 g/mol. The number of carbonyl (C=O) groups excluding carboxylic acids is 1. The molecule has 0 atom stereocenters. The van der Waals surface area contributed by atoms with E-state index in [9.17, 15) is 9.59 Å². The lowest BCUT2D eigenvalue weighted by atomic mass is 10.1. The van der Waals surface area contributed by atoms with Gasteiger partial charge in [0.15, 0.2) is 0 Å². The van der Waals surface area contributed by atoms with Gasteiger partial charge < -0.3 is 14.9 Å². The van der Waals surface area contributed by atoms with Gasteiger partial charge in [-0.25, -0.2) is 4.79 Å². The molecule has 1 heterocycles. The number of nitrogens with zero attached hydrogens (tertiary/aromatic N) is 2. The Morgan fingerprint density at radius 2 is 1.56 bits per heavy atom. The third kappa shape index (κ3) is 4.24. The molecule has 0 aromatic heterocycles. The van der Waals surface area contributed by atoms with Crippen LogP contribution in [0.4, 0.5) is 5.69 Å². The SMILES string of the molecule is O=C(O)c1cc(I)cc(C(=O)N2CCN(c3ccc(Cl)cc3)CC2)c1. The quantitative estimate of drug-likeness (QED) is 0.697. The van der Waals surface area contributed by atoms with Gasteiger partial charge in [0.1, 0.15) is 0 Å². The Hall–Kier alpha value is -1.80. The van der Waals surface area contributed by atoms with Crippen LogP contribution in [0.2, 0.25) is 5.02 Å². The Kier molecular flexibility index (Phi) is 5.48. The summed E-state index contributed by atoms with van der Waals surface area (Å²) >= 11 is 7.95. The molecule has 0 saturated carbocycles. The zero-order valence-electron chi connectivity index (χ0n) is 13.3. The van der Waals surface area contributed by atoms with Crippen LogP contribution >= 0.6 is 34.2 Å². The molecule has 1 amide bonds. The molecule has 25 heavy (non-hydrogen) atoms. The maximum absolute atomic E-state index is 12.7. The van der Waals surface area contributed by atoms with Gasteiger partial charge in [0, 0.05) is 46.0 Å². The monoisotopic (exact) mass is 470 g/mol. The van der Waals surface area contributed by atoms with Gasteiger partial charge in [-0.05, 0) is 65.1 Å². The smallest absolute Gasteiger partial charge is 0.335 e. The van der Waals surface area contributed by atoms with Crippen LogP contribution in [0.25, 0.3) is 0 Å². The van der Waals surface area contributed by atoms with E-state index in [1.165, 1.54) is 6.07 Å². The van der Waals surface area contributed by atoms with Crippen molar-refractivity contribution in [1.29, 1.82) is 0 Å². The van der Waals surface area contributed by atoms with Crippen molar-refractivity contribution in [1.82, 2.24) is 4.90 Å². The molecule has 1 fully saturated rings. The molecule has 5 nitrogen and oxygen atoms in total. The summed E-state index contributed by atoms with van der Waals surface area (Å²) in [7, 11) is 0. The molecule has 3 rings (SSSR count). The number of hydrogen-bond donors (Lipinski definition) is 1. The molecule has 0 bridgehead atoms. The van der Waals surface area contributed by atoms with Gasteiger partial charge in [0.05, 0.1) is 5.56 Å². The first-order chi connectivity index (χ1) is 11.9.